The zero-order valence-electron chi connectivity index (χ0n) is 18.7. The number of rotatable bonds is 5. The Kier molecular flexibility index (Phi) is 5.82. The Morgan fingerprint density at radius 2 is 1.75 bits per heavy atom. The fourth-order valence-electron chi connectivity index (χ4n) is 3.73. The van der Waals surface area contributed by atoms with Gasteiger partial charge in [-0.25, -0.2) is 0 Å². The minimum atomic E-state index is -0.199. The molecule has 0 fully saturated rings. The van der Waals surface area contributed by atoms with Crippen molar-refractivity contribution in [3.05, 3.63) is 105 Å². The maximum Gasteiger partial charge on any atom is 0.258 e. The number of ether oxygens (including phenoxy) is 1. The van der Waals surface area contributed by atoms with Crippen molar-refractivity contribution >= 4 is 22.5 Å². The Morgan fingerprint density at radius 3 is 2.50 bits per heavy atom. The van der Waals surface area contributed by atoms with Gasteiger partial charge in [-0.1, -0.05) is 24.3 Å². The van der Waals surface area contributed by atoms with Gasteiger partial charge in [0.1, 0.15) is 5.75 Å². The summed E-state index contributed by atoms with van der Waals surface area (Å²) in [6.07, 6.45) is 0. The lowest BCUT2D eigenvalue weighted by Crippen LogP contribution is -2.33. The van der Waals surface area contributed by atoms with E-state index in [1.54, 1.807) is 36.3 Å². The van der Waals surface area contributed by atoms with E-state index in [1.807, 2.05) is 63.2 Å². The van der Waals surface area contributed by atoms with E-state index in [1.165, 1.54) is 0 Å². The molecule has 0 aliphatic heterocycles. The van der Waals surface area contributed by atoms with Crippen LogP contribution in [0.25, 0.3) is 10.9 Å². The number of H-pyrrole nitrogens is 1. The summed E-state index contributed by atoms with van der Waals surface area (Å²) in [5.41, 5.74) is 5.64. The van der Waals surface area contributed by atoms with Gasteiger partial charge in [0.25, 0.3) is 11.5 Å². The summed E-state index contributed by atoms with van der Waals surface area (Å²) in [6, 6.07) is 20.7. The minimum Gasteiger partial charge on any atom is -0.497 e. The standard InChI is InChI=1S/C27H26N2O3/c1-17-8-10-20-14-22(26(30)28-25(20)12-17)16-29(23-11-9-18(2)19(3)13-23)27(31)21-6-5-7-24(15-21)32-4/h5-15H,16H2,1-4H3,(H,28,30). The quantitative estimate of drug-likeness (QED) is 0.470. The van der Waals surface area contributed by atoms with E-state index in [-0.39, 0.29) is 18.0 Å². The monoisotopic (exact) mass is 426 g/mol. The summed E-state index contributed by atoms with van der Waals surface area (Å²) >= 11 is 0. The number of nitrogens with zero attached hydrogens (tertiary/aromatic N) is 1. The number of nitrogens with one attached hydrogen (secondary N) is 1. The van der Waals surface area contributed by atoms with Gasteiger partial charge < -0.3 is 14.6 Å². The number of aromatic amines is 1. The molecule has 32 heavy (non-hydrogen) atoms. The van der Waals surface area contributed by atoms with Crippen LogP contribution in [-0.4, -0.2) is 18.0 Å². The van der Waals surface area contributed by atoms with E-state index >= 15 is 0 Å². The molecule has 5 heteroatoms. The summed E-state index contributed by atoms with van der Waals surface area (Å²) in [7, 11) is 1.57. The molecule has 0 unspecified atom stereocenters. The van der Waals surface area contributed by atoms with Gasteiger partial charge in [-0.05, 0) is 85.3 Å². The van der Waals surface area contributed by atoms with E-state index in [4.69, 9.17) is 4.74 Å². The van der Waals surface area contributed by atoms with Crippen LogP contribution in [0.1, 0.15) is 32.6 Å². The Bertz CT molecular complexity index is 1370. The van der Waals surface area contributed by atoms with Crippen LogP contribution in [-0.2, 0) is 6.54 Å². The molecule has 1 amide bonds. The highest BCUT2D eigenvalue weighted by Gasteiger charge is 2.21. The van der Waals surface area contributed by atoms with E-state index in [9.17, 15) is 9.59 Å². The fourth-order valence-corrected chi connectivity index (χ4v) is 3.73. The van der Waals surface area contributed by atoms with Gasteiger partial charge in [-0.2, -0.15) is 0 Å². The number of benzene rings is 3. The van der Waals surface area contributed by atoms with Gasteiger partial charge in [0.05, 0.1) is 13.7 Å². The van der Waals surface area contributed by atoms with Crippen molar-refractivity contribution in [2.75, 3.05) is 12.0 Å². The predicted octanol–water partition coefficient (Wildman–Crippen LogP) is 5.31. The number of anilines is 1. The Balaban J connectivity index is 1.80. The van der Waals surface area contributed by atoms with Crippen LogP contribution >= 0.6 is 0 Å². The first kappa shape index (κ1) is 21.4. The van der Waals surface area contributed by atoms with Crippen molar-refractivity contribution in [3.63, 3.8) is 0 Å². The molecule has 3 aromatic carbocycles. The molecular weight excluding hydrogens is 400 g/mol. The average molecular weight is 427 g/mol. The van der Waals surface area contributed by atoms with E-state index < -0.39 is 0 Å². The number of amides is 1. The predicted molar refractivity (Wildman–Crippen MR) is 129 cm³/mol. The second-order valence-electron chi connectivity index (χ2n) is 8.11. The molecule has 0 bridgehead atoms. The fraction of sp³-hybridized carbons (Fsp3) is 0.185. The van der Waals surface area contributed by atoms with Gasteiger partial charge in [-0.3, -0.25) is 9.59 Å². The van der Waals surface area contributed by atoms with Crippen LogP contribution in [0.2, 0.25) is 0 Å². The van der Waals surface area contributed by atoms with E-state index in [0.29, 0.717) is 16.9 Å². The second kappa shape index (κ2) is 8.71. The van der Waals surface area contributed by atoms with Gasteiger partial charge in [0.15, 0.2) is 0 Å². The highest BCUT2D eigenvalue weighted by Crippen LogP contribution is 2.25. The Labute approximate surface area is 187 Å². The first-order valence-corrected chi connectivity index (χ1v) is 10.5. The van der Waals surface area contributed by atoms with Gasteiger partial charge in [0.2, 0.25) is 0 Å². The molecule has 0 radical (unpaired) electrons. The number of pyridine rings is 1. The van der Waals surface area contributed by atoms with E-state index in [0.717, 1.165) is 33.3 Å². The maximum absolute atomic E-state index is 13.6. The lowest BCUT2D eigenvalue weighted by atomic mass is 10.1. The number of hydrogen-bond donors (Lipinski definition) is 1. The molecule has 5 nitrogen and oxygen atoms in total. The SMILES string of the molecule is COc1cccc(C(=O)N(Cc2cc3ccc(C)cc3[nH]c2=O)c2ccc(C)c(C)c2)c1. The molecular formula is C27H26N2O3. The molecule has 4 aromatic rings. The zero-order valence-corrected chi connectivity index (χ0v) is 18.7. The first-order chi connectivity index (χ1) is 15.4. The molecule has 0 spiro atoms. The molecule has 1 heterocycles. The van der Waals surface area contributed by atoms with Crippen LogP contribution in [0.4, 0.5) is 5.69 Å². The highest BCUT2D eigenvalue weighted by atomic mass is 16.5. The van der Waals surface area contributed by atoms with Crippen LogP contribution < -0.4 is 15.2 Å². The second-order valence-corrected chi connectivity index (χ2v) is 8.11. The molecule has 1 N–H and O–H groups in total. The largest absolute Gasteiger partial charge is 0.497 e. The minimum absolute atomic E-state index is 0.150. The molecule has 0 aliphatic rings. The van der Waals surface area contributed by atoms with Crippen LogP contribution in [0.5, 0.6) is 5.75 Å². The van der Waals surface area contributed by atoms with Crippen molar-refractivity contribution in [2.24, 2.45) is 0 Å². The zero-order chi connectivity index (χ0) is 22.8. The summed E-state index contributed by atoms with van der Waals surface area (Å²) in [5.74, 6) is 0.408. The molecule has 0 atom stereocenters. The number of aryl methyl sites for hydroxylation is 3. The number of methoxy groups -OCH3 is 1. The van der Waals surface area contributed by atoms with Crippen LogP contribution in [0, 0.1) is 20.8 Å². The third kappa shape index (κ3) is 4.28. The number of hydrogen-bond acceptors (Lipinski definition) is 3. The first-order valence-electron chi connectivity index (χ1n) is 10.5. The van der Waals surface area contributed by atoms with Crippen molar-refractivity contribution in [1.29, 1.82) is 0 Å². The molecule has 0 saturated carbocycles. The number of aromatic nitrogens is 1. The molecule has 1 aromatic heterocycles. The maximum atomic E-state index is 13.6. The van der Waals surface area contributed by atoms with Crippen molar-refractivity contribution in [2.45, 2.75) is 27.3 Å². The van der Waals surface area contributed by atoms with Crippen LogP contribution in [0.3, 0.4) is 0 Å². The van der Waals surface area contributed by atoms with Crippen LogP contribution in [0.15, 0.2) is 71.5 Å². The summed E-state index contributed by atoms with van der Waals surface area (Å²) in [4.78, 5) is 31.1. The highest BCUT2D eigenvalue weighted by molar-refractivity contribution is 6.06. The number of carbonyl (C=O) groups excluding carboxylic acids is 1. The topological polar surface area (TPSA) is 62.4 Å². The Morgan fingerprint density at radius 1 is 0.938 bits per heavy atom. The van der Waals surface area contributed by atoms with Gasteiger partial charge in [0, 0.05) is 22.3 Å². The molecule has 0 aliphatic carbocycles. The molecule has 0 saturated heterocycles. The van der Waals surface area contributed by atoms with Crippen molar-refractivity contribution in [1.82, 2.24) is 4.98 Å². The average Bonchev–Trinajstić information content (AvgIpc) is 2.79. The van der Waals surface area contributed by atoms with Crippen molar-refractivity contribution in [3.8, 4) is 5.75 Å². The van der Waals surface area contributed by atoms with Crippen molar-refractivity contribution < 1.29 is 9.53 Å². The normalized spacial score (nSPS) is 10.9. The summed E-state index contributed by atoms with van der Waals surface area (Å²) in [5, 5.41) is 0.930. The van der Waals surface area contributed by atoms with Gasteiger partial charge in [-0.15, -0.1) is 0 Å². The summed E-state index contributed by atoms with van der Waals surface area (Å²) in [6.45, 7) is 6.18. The lowest BCUT2D eigenvalue weighted by Gasteiger charge is -2.24. The molecule has 162 valence electrons. The van der Waals surface area contributed by atoms with E-state index in [2.05, 4.69) is 4.98 Å². The summed E-state index contributed by atoms with van der Waals surface area (Å²) < 4.78 is 5.29. The lowest BCUT2D eigenvalue weighted by molar-refractivity contribution is 0.0984. The third-order valence-electron chi connectivity index (χ3n) is 5.77. The number of carbonyl (C=O) groups is 1. The Hall–Kier alpha value is -3.86. The smallest absolute Gasteiger partial charge is 0.258 e. The third-order valence-corrected chi connectivity index (χ3v) is 5.77. The molecule has 4 rings (SSSR count). The number of fused-ring (bicyclic) bond motifs is 1. The van der Waals surface area contributed by atoms with Gasteiger partial charge >= 0.3 is 0 Å².